The van der Waals surface area contributed by atoms with Crippen molar-refractivity contribution in [3.8, 4) is 6.07 Å². The average molecular weight is 228 g/mol. The zero-order valence-corrected chi connectivity index (χ0v) is 9.79. The molecular formula is C13H12N2S. The third kappa shape index (κ3) is 2.41. The lowest BCUT2D eigenvalue weighted by Crippen LogP contribution is -2.06. The smallest absolute Gasteiger partial charge is 0.149 e. The van der Waals surface area contributed by atoms with E-state index >= 15 is 0 Å². The molecule has 80 valence electrons. The molecule has 1 unspecified atom stereocenters. The van der Waals surface area contributed by atoms with Crippen LogP contribution in [0.15, 0.2) is 41.8 Å². The van der Waals surface area contributed by atoms with E-state index in [9.17, 15) is 0 Å². The van der Waals surface area contributed by atoms with Crippen LogP contribution in [0.3, 0.4) is 0 Å². The van der Waals surface area contributed by atoms with E-state index in [1.807, 2.05) is 48.7 Å². The number of nitrogens with one attached hydrogen (secondary N) is 1. The minimum absolute atomic E-state index is 0.262. The molecule has 0 spiro atoms. The van der Waals surface area contributed by atoms with Crippen molar-refractivity contribution in [2.24, 2.45) is 0 Å². The van der Waals surface area contributed by atoms with Crippen LogP contribution >= 0.6 is 11.3 Å². The fraction of sp³-hybridized carbons (Fsp3) is 0.154. The Kier molecular flexibility index (Phi) is 3.23. The van der Waals surface area contributed by atoms with Gasteiger partial charge in [0, 0.05) is 10.6 Å². The molecular weight excluding hydrogens is 216 g/mol. The van der Waals surface area contributed by atoms with Crippen LogP contribution in [-0.2, 0) is 0 Å². The summed E-state index contributed by atoms with van der Waals surface area (Å²) in [6.07, 6.45) is 0. The molecule has 1 N–H and O–H groups in total. The molecule has 0 aliphatic carbocycles. The molecule has 2 aromatic rings. The van der Waals surface area contributed by atoms with Crippen molar-refractivity contribution >= 4 is 17.0 Å². The Morgan fingerprint density at radius 2 is 2.19 bits per heavy atom. The van der Waals surface area contributed by atoms with E-state index in [2.05, 4.69) is 11.4 Å². The number of hydrogen-bond donors (Lipinski definition) is 1. The lowest BCUT2D eigenvalue weighted by molar-refractivity contribution is 1.03. The molecule has 2 rings (SSSR count). The first kappa shape index (κ1) is 10.7. The van der Waals surface area contributed by atoms with Crippen LogP contribution in [0.2, 0.25) is 0 Å². The normalized spacial score (nSPS) is 11.8. The second-order valence-corrected chi connectivity index (χ2v) is 4.57. The minimum atomic E-state index is -0.262. The molecule has 0 radical (unpaired) electrons. The number of rotatable bonds is 3. The van der Waals surface area contributed by atoms with Crippen molar-refractivity contribution in [1.29, 1.82) is 5.26 Å². The standard InChI is InChI=1S/C13H12N2S/c1-10-4-2-5-11(8-10)15-12(9-14)13-6-3-7-16-13/h2-8,12,15H,1H3. The number of aryl methyl sites for hydroxylation is 1. The molecule has 1 aromatic carbocycles. The third-order valence-corrected chi connectivity index (χ3v) is 3.22. The minimum Gasteiger partial charge on any atom is -0.366 e. The molecule has 2 nitrogen and oxygen atoms in total. The van der Waals surface area contributed by atoms with Crippen LogP contribution in [0, 0.1) is 18.3 Å². The van der Waals surface area contributed by atoms with E-state index in [1.165, 1.54) is 5.56 Å². The van der Waals surface area contributed by atoms with E-state index in [-0.39, 0.29) is 6.04 Å². The molecule has 0 bridgehead atoms. The van der Waals surface area contributed by atoms with E-state index < -0.39 is 0 Å². The largest absolute Gasteiger partial charge is 0.366 e. The highest BCUT2D eigenvalue weighted by atomic mass is 32.1. The molecule has 16 heavy (non-hydrogen) atoms. The Hall–Kier alpha value is -1.79. The number of nitrogens with zero attached hydrogens (tertiary/aromatic N) is 1. The summed E-state index contributed by atoms with van der Waals surface area (Å²) >= 11 is 1.59. The predicted octanol–water partition coefficient (Wildman–Crippen LogP) is 3.73. The van der Waals surface area contributed by atoms with Gasteiger partial charge in [-0.3, -0.25) is 0 Å². The van der Waals surface area contributed by atoms with Gasteiger partial charge in [-0.15, -0.1) is 11.3 Å². The van der Waals surface area contributed by atoms with Crippen LogP contribution in [-0.4, -0.2) is 0 Å². The topological polar surface area (TPSA) is 35.8 Å². The van der Waals surface area contributed by atoms with Gasteiger partial charge in [-0.2, -0.15) is 5.26 Å². The van der Waals surface area contributed by atoms with Crippen molar-refractivity contribution in [3.05, 3.63) is 52.2 Å². The van der Waals surface area contributed by atoms with Crippen LogP contribution in [0.5, 0.6) is 0 Å². The van der Waals surface area contributed by atoms with Gasteiger partial charge in [0.1, 0.15) is 6.04 Å². The van der Waals surface area contributed by atoms with Gasteiger partial charge in [-0.1, -0.05) is 18.2 Å². The maximum absolute atomic E-state index is 9.12. The lowest BCUT2D eigenvalue weighted by atomic mass is 10.2. The highest BCUT2D eigenvalue weighted by Crippen LogP contribution is 2.23. The Morgan fingerprint density at radius 1 is 1.31 bits per heavy atom. The summed E-state index contributed by atoms with van der Waals surface area (Å²) in [6, 6.07) is 14.0. The number of thiophene rings is 1. The van der Waals surface area contributed by atoms with E-state index in [0.29, 0.717) is 0 Å². The first-order chi connectivity index (χ1) is 7.79. The first-order valence-corrected chi connectivity index (χ1v) is 5.94. The second-order valence-electron chi connectivity index (χ2n) is 3.59. The summed E-state index contributed by atoms with van der Waals surface area (Å²) in [4.78, 5) is 1.05. The van der Waals surface area contributed by atoms with Gasteiger partial charge in [0.2, 0.25) is 0 Å². The van der Waals surface area contributed by atoms with Crippen molar-refractivity contribution in [2.75, 3.05) is 5.32 Å². The Balaban J connectivity index is 2.17. The monoisotopic (exact) mass is 228 g/mol. The quantitative estimate of drug-likeness (QED) is 0.868. The molecule has 1 aromatic heterocycles. The summed E-state index contributed by atoms with van der Waals surface area (Å²) in [5, 5.41) is 14.3. The van der Waals surface area contributed by atoms with Crippen molar-refractivity contribution < 1.29 is 0 Å². The van der Waals surface area contributed by atoms with Gasteiger partial charge < -0.3 is 5.32 Å². The van der Waals surface area contributed by atoms with E-state index in [4.69, 9.17) is 5.26 Å². The molecule has 3 heteroatoms. The number of benzene rings is 1. The van der Waals surface area contributed by atoms with Gasteiger partial charge >= 0.3 is 0 Å². The summed E-state index contributed by atoms with van der Waals surface area (Å²) in [5.41, 5.74) is 2.17. The zero-order valence-electron chi connectivity index (χ0n) is 8.97. The fourth-order valence-electron chi connectivity index (χ4n) is 1.52. The summed E-state index contributed by atoms with van der Waals surface area (Å²) < 4.78 is 0. The molecule has 0 aliphatic rings. The van der Waals surface area contributed by atoms with Crippen molar-refractivity contribution in [1.82, 2.24) is 0 Å². The first-order valence-electron chi connectivity index (χ1n) is 5.06. The maximum Gasteiger partial charge on any atom is 0.149 e. The molecule has 0 amide bonds. The van der Waals surface area contributed by atoms with E-state index in [1.54, 1.807) is 11.3 Å². The van der Waals surface area contributed by atoms with Crippen LogP contribution < -0.4 is 5.32 Å². The molecule has 0 aliphatic heterocycles. The van der Waals surface area contributed by atoms with E-state index in [0.717, 1.165) is 10.6 Å². The lowest BCUT2D eigenvalue weighted by Gasteiger charge is -2.11. The van der Waals surface area contributed by atoms with Crippen LogP contribution in [0.1, 0.15) is 16.5 Å². The Bertz CT molecular complexity index is 497. The number of nitriles is 1. The highest BCUT2D eigenvalue weighted by Gasteiger charge is 2.10. The molecule has 0 fully saturated rings. The van der Waals surface area contributed by atoms with Gasteiger partial charge in [0.25, 0.3) is 0 Å². The van der Waals surface area contributed by atoms with Gasteiger partial charge in [-0.25, -0.2) is 0 Å². The van der Waals surface area contributed by atoms with Crippen LogP contribution in [0.4, 0.5) is 5.69 Å². The highest BCUT2D eigenvalue weighted by molar-refractivity contribution is 7.10. The number of anilines is 1. The predicted molar refractivity (Wildman–Crippen MR) is 67.5 cm³/mol. The molecule has 1 heterocycles. The van der Waals surface area contributed by atoms with Crippen molar-refractivity contribution in [2.45, 2.75) is 13.0 Å². The molecule has 0 saturated heterocycles. The average Bonchev–Trinajstić information content (AvgIpc) is 2.79. The van der Waals surface area contributed by atoms with Crippen molar-refractivity contribution in [3.63, 3.8) is 0 Å². The summed E-state index contributed by atoms with van der Waals surface area (Å²) in [7, 11) is 0. The molecule has 1 atom stereocenters. The summed E-state index contributed by atoms with van der Waals surface area (Å²) in [5.74, 6) is 0. The second kappa shape index (κ2) is 4.82. The fourth-order valence-corrected chi connectivity index (χ4v) is 2.24. The Morgan fingerprint density at radius 3 is 2.81 bits per heavy atom. The van der Waals surface area contributed by atoms with Gasteiger partial charge in [-0.05, 0) is 36.1 Å². The van der Waals surface area contributed by atoms with Gasteiger partial charge in [0.15, 0.2) is 0 Å². The number of hydrogen-bond acceptors (Lipinski definition) is 3. The molecule has 0 saturated carbocycles. The third-order valence-electron chi connectivity index (χ3n) is 2.29. The zero-order chi connectivity index (χ0) is 11.4. The van der Waals surface area contributed by atoms with Gasteiger partial charge in [0.05, 0.1) is 6.07 Å². The maximum atomic E-state index is 9.12. The SMILES string of the molecule is Cc1cccc(NC(C#N)c2cccs2)c1. The Labute approximate surface area is 99.2 Å². The summed E-state index contributed by atoms with van der Waals surface area (Å²) in [6.45, 7) is 2.04. The van der Waals surface area contributed by atoms with Crippen LogP contribution in [0.25, 0.3) is 0 Å².